The Kier molecular flexibility index (Phi) is 5.27. The molecule has 0 radical (unpaired) electrons. The van der Waals surface area contributed by atoms with Crippen molar-refractivity contribution in [1.29, 1.82) is 0 Å². The molecule has 2 aromatic carbocycles. The number of nitrogens with two attached hydrogens (primary N) is 1. The minimum absolute atomic E-state index is 0.123. The Morgan fingerprint density at radius 2 is 1.52 bits per heavy atom. The van der Waals surface area contributed by atoms with Crippen molar-refractivity contribution >= 4 is 17.3 Å². The molecule has 2 N–H and O–H groups in total. The van der Waals surface area contributed by atoms with Gasteiger partial charge in [0.2, 0.25) is 0 Å². The van der Waals surface area contributed by atoms with Crippen molar-refractivity contribution in [3.05, 3.63) is 64.7 Å². The number of nitrogens with zero attached hydrogens (tertiary/aromatic N) is 1. The van der Waals surface area contributed by atoms with Crippen LogP contribution in [0.2, 0.25) is 5.02 Å². The van der Waals surface area contributed by atoms with Gasteiger partial charge in [-0.15, -0.1) is 0 Å². The van der Waals surface area contributed by atoms with Crippen molar-refractivity contribution in [2.45, 2.75) is 32.4 Å². The first kappa shape index (κ1) is 15.9. The molecule has 2 atom stereocenters. The first-order chi connectivity index (χ1) is 10.0. The van der Waals surface area contributed by atoms with E-state index in [0.29, 0.717) is 0 Å². The van der Waals surface area contributed by atoms with Crippen molar-refractivity contribution in [2.75, 3.05) is 11.9 Å². The van der Waals surface area contributed by atoms with E-state index < -0.39 is 0 Å². The van der Waals surface area contributed by atoms with Gasteiger partial charge in [0.15, 0.2) is 0 Å². The number of halogens is 1. The van der Waals surface area contributed by atoms with Crippen molar-refractivity contribution < 1.29 is 0 Å². The fourth-order valence-electron chi connectivity index (χ4n) is 2.38. The molecule has 0 saturated heterocycles. The minimum Gasteiger partial charge on any atom is -0.368 e. The van der Waals surface area contributed by atoms with Gasteiger partial charge >= 0.3 is 0 Å². The van der Waals surface area contributed by atoms with E-state index in [0.717, 1.165) is 11.4 Å². The maximum Gasteiger partial charge on any atom is 0.0511 e. The number of hydrogen-bond donors (Lipinski definition) is 1. The lowest BCUT2D eigenvalue weighted by Gasteiger charge is -2.28. The van der Waals surface area contributed by atoms with E-state index in [9.17, 15) is 0 Å². The van der Waals surface area contributed by atoms with Crippen LogP contribution in [0.25, 0.3) is 0 Å². The topological polar surface area (TPSA) is 29.3 Å². The third kappa shape index (κ3) is 3.78. The Balaban J connectivity index is 2.15. The second kappa shape index (κ2) is 6.97. The Hall–Kier alpha value is -1.51. The van der Waals surface area contributed by atoms with Crippen molar-refractivity contribution in [3.8, 4) is 0 Å². The van der Waals surface area contributed by atoms with Gasteiger partial charge in [-0.1, -0.05) is 42.8 Å². The van der Waals surface area contributed by atoms with Gasteiger partial charge in [0.05, 0.1) is 6.04 Å². The molecule has 0 aliphatic heterocycles. The molecule has 0 aromatic heterocycles. The molecule has 1 unspecified atom stereocenters. The lowest BCUT2D eigenvalue weighted by molar-refractivity contribution is 0.697. The quantitative estimate of drug-likeness (QED) is 0.847. The Morgan fingerprint density at radius 3 is 2.05 bits per heavy atom. The zero-order valence-corrected chi connectivity index (χ0v) is 13.6. The molecule has 0 spiro atoms. The normalized spacial score (nSPS) is 13.8. The van der Waals surface area contributed by atoms with Crippen LogP contribution in [0.3, 0.4) is 0 Å². The van der Waals surface area contributed by atoms with E-state index in [-0.39, 0.29) is 12.1 Å². The van der Waals surface area contributed by atoms with Gasteiger partial charge in [0.25, 0.3) is 0 Å². The maximum atomic E-state index is 6.06. The third-order valence-electron chi connectivity index (χ3n) is 4.10. The molecule has 112 valence electrons. The second-order valence-corrected chi connectivity index (χ2v) is 5.88. The molecule has 0 fully saturated rings. The lowest BCUT2D eigenvalue weighted by atomic mass is 10.0. The van der Waals surface area contributed by atoms with Crippen LogP contribution >= 0.6 is 11.6 Å². The van der Waals surface area contributed by atoms with Crippen molar-refractivity contribution in [2.24, 2.45) is 5.73 Å². The first-order valence-electron chi connectivity index (χ1n) is 7.36. The molecule has 2 aromatic rings. The summed E-state index contributed by atoms with van der Waals surface area (Å²) in [5.74, 6) is 0. The third-order valence-corrected chi connectivity index (χ3v) is 4.35. The molecule has 0 aliphatic rings. The summed E-state index contributed by atoms with van der Waals surface area (Å²) < 4.78 is 0. The average molecular weight is 303 g/mol. The van der Waals surface area contributed by atoms with Gasteiger partial charge in [0, 0.05) is 23.8 Å². The van der Waals surface area contributed by atoms with Gasteiger partial charge < -0.3 is 10.6 Å². The highest BCUT2D eigenvalue weighted by molar-refractivity contribution is 6.30. The van der Waals surface area contributed by atoms with E-state index >= 15 is 0 Å². The molecule has 0 bridgehead atoms. The number of rotatable bonds is 5. The smallest absolute Gasteiger partial charge is 0.0511 e. The van der Waals surface area contributed by atoms with E-state index in [1.807, 2.05) is 12.1 Å². The van der Waals surface area contributed by atoms with Crippen LogP contribution < -0.4 is 10.6 Å². The largest absolute Gasteiger partial charge is 0.368 e. The lowest BCUT2D eigenvalue weighted by Crippen LogP contribution is -2.21. The summed E-state index contributed by atoms with van der Waals surface area (Å²) in [5, 5.41) is 0.770. The highest BCUT2D eigenvalue weighted by Crippen LogP contribution is 2.27. The van der Waals surface area contributed by atoms with E-state index in [2.05, 4.69) is 62.2 Å². The fraction of sp³-hybridized carbons (Fsp3) is 0.333. The van der Waals surface area contributed by atoms with Crippen LogP contribution in [0.4, 0.5) is 5.69 Å². The van der Waals surface area contributed by atoms with Crippen molar-refractivity contribution in [3.63, 3.8) is 0 Å². The van der Waals surface area contributed by atoms with Crippen LogP contribution in [0.15, 0.2) is 48.5 Å². The second-order valence-electron chi connectivity index (χ2n) is 5.44. The van der Waals surface area contributed by atoms with E-state index in [1.54, 1.807) is 0 Å². The van der Waals surface area contributed by atoms with Gasteiger partial charge in [-0.05, 0) is 48.7 Å². The zero-order chi connectivity index (χ0) is 15.4. The van der Waals surface area contributed by atoms with Crippen LogP contribution in [-0.4, -0.2) is 7.05 Å². The molecule has 0 saturated carbocycles. The molecule has 0 heterocycles. The number of hydrogen-bond acceptors (Lipinski definition) is 2. The summed E-state index contributed by atoms with van der Waals surface area (Å²) in [5.41, 5.74) is 9.68. The Morgan fingerprint density at radius 1 is 1.00 bits per heavy atom. The Labute approximate surface area is 132 Å². The summed E-state index contributed by atoms with van der Waals surface area (Å²) in [6.07, 6.45) is 0.955. The summed E-state index contributed by atoms with van der Waals surface area (Å²) in [4.78, 5) is 2.25. The molecule has 2 nitrogen and oxygen atoms in total. The molecule has 0 amide bonds. The van der Waals surface area contributed by atoms with Gasteiger partial charge in [0.1, 0.15) is 0 Å². The minimum atomic E-state index is 0.123. The Bertz CT molecular complexity index is 563. The van der Waals surface area contributed by atoms with Crippen LogP contribution in [0.1, 0.15) is 43.5 Å². The predicted octanol–water partition coefficient (Wildman–Crippen LogP) is 4.95. The zero-order valence-electron chi connectivity index (χ0n) is 12.9. The van der Waals surface area contributed by atoms with Crippen LogP contribution in [0, 0.1) is 0 Å². The molecular formula is C18H23ClN2. The highest BCUT2D eigenvalue weighted by Gasteiger charge is 2.13. The van der Waals surface area contributed by atoms with Crippen LogP contribution in [0.5, 0.6) is 0 Å². The molecule has 21 heavy (non-hydrogen) atoms. The number of benzene rings is 2. The molecule has 3 heteroatoms. The predicted molar refractivity (Wildman–Crippen MR) is 91.9 cm³/mol. The van der Waals surface area contributed by atoms with E-state index in [1.165, 1.54) is 16.8 Å². The maximum absolute atomic E-state index is 6.06. The molecular weight excluding hydrogens is 280 g/mol. The fourth-order valence-corrected chi connectivity index (χ4v) is 2.51. The molecule has 0 aliphatic carbocycles. The summed E-state index contributed by atoms with van der Waals surface area (Å²) >= 11 is 5.95. The van der Waals surface area contributed by atoms with Crippen LogP contribution in [-0.2, 0) is 0 Å². The van der Waals surface area contributed by atoms with Gasteiger partial charge in [-0.2, -0.15) is 0 Å². The number of anilines is 1. The average Bonchev–Trinajstić information content (AvgIpc) is 2.53. The highest BCUT2D eigenvalue weighted by atomic mass is 35.5. The summed E-state index contributed by atoms with van der Waals surface area (Å²) in [6, 6.07) is 16.9. The first-order valence-corrected chi connectivity index (χ1v) is 7.74. The van der Waals surface area contributed by atoms with E-state index in [4.69, 9.17) is 17.3 Å². The van der Waals surface area contributed by atoms with Gasteiger partial charge in [-0.25, -0.2) is 0 Å². The van der Waals surface area contributed by atoms with Crippen molar-refractivity contribution in [1.82, 2.24) is 0 Å². The monoisotopic (exact) mass is 302 g/mol. The molecule has 2 rings (SSSR count). The SMILES string of the molecule is CC[C@H](N)c1ccc(N(C)C(C)c2ccc(Cl)cc2)cc1. The summed E-state index contributed by atoms with van der Waals surface area (Å²) in [7, 11) is 2.11. The summed E-state index contributed by atoms with van der Waals surface area (Å²) in [6.45, 7) is 4.29. The van der Waals surface area contributed by atoms with Gasteiger partial charge in [-0.3, -0.25) is 0 Å². The standard InChI is InChI=1S/C18H23ClN2/c1-4-18(20)15-7-11-17(12-8-15)21(3)13(2)14-5-9-16(19)10-6-14/h5-13,18H,4,20H2,1-3H3/t13?,18-/m0/s1.